The molecule has 1 aliphatic heterocycles. The second-order valence-electron chi connectivity index (χ2n) is 6.81. The maximum absolute atomic E-state index is 13.7. The highest BCUT2D eigenvalue weighted by Crippen LogP contribution is 2.18. The number of nitrogens with one attached hydrogen (secondary N) is 1. The fourth-order valence-corrected chi connectivity index (χ4v) is 3.46. The molecule has 0 aromatic heterocycles. The van der Waals surface area contributed by atoms with Crippen LogP contribution in [0.5, 0.6) is 0 Å². The van der Waals surface area contributed by atoms with Crippen LogP contribution in [0, 0.1) is 17.6 Å². The molecule has 0 bridgehead atoms. The Labute approximate surface area is 179 Å². The van der Waals surface area contributed by atoms with E-state index >= 15 is 0 Å². The third-order valence-electron chi connectivity index (χ3n) is 4.98. The van der Waals surface area contributed by atoms with Crippen molar-refractivity contribution in [2.24, 2.45) is 10.9 Å². The Bertz CT molecular complexity index is 593. The largest absolute Gasteiger partial charge is 0.357 e. The van der Waals surface area contributed by atoms with Gasteiger partial charge >= 0.3 is 0 Å². The first-order valence-electron chi connectivity index (χ1n) is 9.76. The van der Waals surface area contributed by atoms with Crippen LogP contribution in [0.25, 0.3) is 0 Å². The fraction of sp³-hybridized carbons (Fsp3) is 0.650. The SMILES string of the molecule is CCNC(=NCCc1cc(F)ccc1F)N1CCC(CN(CC)CC)C1.I. The number of halogens is 3. The van der Waals surface area contributed by atoms with Crippen molar-refractivity contribution in [2.75, 3.05) is 45.8 Å². The number of nitrogens with zero attached hydrogens (tertiary/aromatic N) is 3. The summed E-state index contributed by atoms with van der Waals surface area (Å²) >= 11 is 0. The molecule has 0 saturated carbocycles. The number of benzene rings is 1. The zero-order valence-electron chi connectivity index (χ0n) is 16.7. The Hall–Kier alpha value is -0.960. The Balaban J connectivity index is 0.00000364. The van der Waals surface area contributed by atoms with Gasteiger partial charge in [0, 0.05) is 32.7 Å². The zero-order valence-corrected chi connectivity index (χ0v) is 19.0. The van der Waals surface area contributed by atoms with Crippen LogP contribution in [0.4, 0.5) is 8.78 Å². The number of likely N-dealkylation sites (tertiary alicyclic amines) is 1. The predicted molar refractivity (Wildman–Crippen MR) is 119 cm³/mol. The molecule has 0 amide bonds. The molecule has 7 heteroatoms. The summed E-state index contributed by atoms with van der Waals surface area (Å²) in [5, 5.41) is 3.33. The van der Waals surface area contributed by atoms with Gasteiger partial charge in [0.15, 0.2) is 5.96 Å². The van der Waals surface area contributed by atoms with Gasteiger partial charge in [-0.05, 0) is 62.5 Å². The predicted octanol–water partition coefficient (Wildman–Crippen LogP) is 3.75. The standard InChI is InChI=1S/C20H32F2N4.HI/c1-4-23-20(24-11-9-17-13-18(21)7-8-19(17)22)26-12-10-16(15-26)14-25(5-2)6-3;/h7-8,13,16H,4-6,9-12,14-15H2,1-3H3,(H,23,24);1H. The van der Waals surface area contributed by atoms with Gasteiger partial charge in [0.25, 0.3) is 0 Å². The molecule has 1 heterocycles. The van der Waals surface area contributed by atoms with E-state index in [4.69, 9.17) is 0 Å². The Morgan fingerprint density at radius 3 is 2.67 bits per heavy atom. The van der Waals surface area contributed by atoms with Gasteiger partial charge in [-0.1, -0.05) is 13.8 Å². The third-order valence-corrected chi connectivity index (χ3v) is 4.98. The average molecular weight is 494 g/mol. The number of hydrogen-bond donors (Lipinski definition) is 1. The summed E-state index contributed by atoms with van der Waals surface area (Å²) in [5.74, 6) is 0.758. The molecule has 1 fully saturated rings. The van der Waals surface area contributed by atoms with Gasteiger partial charge in [-0.2, -0.15) is 0 Å². The van der Waals surface area contributed by atoms with Crippen molar-refractivity contribution in [1.29, 1.82) is 0 Å². The quantitative estimate of drug-likeness (QED) is 0.339. The topological polar surface area (TPSA) is 30.9 Å². The molecule has 1 N–H and O–H groups in total. The van der Waals surface area contributed by atoms with Crippen molar-refractivity contribution < 1.29 is 8.78 Å². The van der Waals surface area contributed by atoms with Crippen LogP contribution in [-0.4, -0.2) is 61.6 Å². The van der Waals surface area contributed by atoms with Gasteiger partial charge in [-0.15, -0.1) is 24.0 Å². The first kappa shape index (κ1) is 24.1. The molecule has 1 aromatic rings. The van der Waals surface area contributed by atoms with Crippen LogP contribution >= 0.6 is 24.0 Å². The highest BCUT2D eigenvalue weighted by Gasteiger charge is 2.25. The lowest BCUT2D eigenvalue weighted by atomic mass is 10.1. The maximum atomic E-state index is 13.7. The molecule has 0 radical (unpaired) electrons. The average Bonchev–Trinajstić information content (AvgIpc) is 3.10. The molecular weight excluding hydrogens is 461 g/mol. The third kappa shape index (κ3) is 7.52. The minimum absolute atomic E-state index is 0. The van der Waals surface area contributed by atoms with E-state index in [9.17, 15) is 8.78 Å². The zero-order chi connectivity index (χ0) is 18.9. The lowest BCUT2D eigenvalue weighted by Crippen LogP contribution is -2.41. The normalized spacial score (nSPS) is 17.3. The van der Waals surface area contributed by atoms with Crippen molar-refractivity contribution in [3.05, 3.63) is 35.4 Å². The second kappa shape index (κ2) is 12.5. The lowest BCUT2D eigenvalue weighted by Gasteiger charge is -2.24. The first-order valence-corrected chi connectivity index (χ1v) is 9.76. The highest BCUT2D eigenvalue weighted by atomic mass is 127. The minimum Gasteiger partial charge on any atom is -0.357 e. The van der Waals surface area contributed by atoms with Crippen LogP contribution in [0.15, 0.2) is 23.2 Å². The summed E-state index contributed by atoms with van der Waals surface area (Å²) in [6.45, 7) is 13.0. The molecule has 1 aliphatic rings. The van der Waals surface area contributed by atoms with E-state index in [2.05, 4.69) is 34.0 Å². The molecule has 27 heavy (non-hydrogen) atoms. The molecule has 4 nitrogen and oxygen atoms in total. The summed E-state index contributed by atoms with van der Waals surface area (Å²) in [5.41, 5.74) is 0.380. The molecule has 2 rings (SSSR count). The van der Waals surface area contributed by atoms with Crippen LogP contribution in [0.2, 0.25) is 0 Å². The van der Waals surface area contributed by atoms with Crippen LogP contribution in [-0.2, 0) is 6.42 Å². The van der Waals surface area contributed by atoms with E-state index < -0.39 is 5.82 Å². The van der Waals surface area contributed by atoms with Crippen molar-refractivity contribution in [3.8, 4) is 0 Å². The van der Waals surface area contributed by atoms with Crippen molar-refractivity contribution in [3.63, 3.8) is 0 Å². The maximum Gasteiger partial charge on any atom is 0.193 e. The molecule has 1 aromatic carbocycles. The second-order valence-corrected chi connectivity index (χ2v) is 6.81. The van der Waals surface area contributed by atoms with Crippen molar-refractivity contribution in [2.45, 2.75) is 33.6 Å². The van der Waals surface area contributed by atoms with Gasteiger partial charge in [0.1, 0.15) is 11.6 Å². The smallest absolute Gasteiger partial charge is 0.193 e. The van der Waals surface area contributed by atoms with Gasteiger partial charge in [0.05, 0.1) is 0 Å². The fourth-order valence-electron chi connectivity index (χ4n) is 3.46. The van der Waals surface area contributed by atoms with E-state index in [1.54, 1.807) is 0 Å². The van der Waals surface area contributed by atoms with Gasteiger partial charge in [0.2, 0.25) is 0 Å². The van der Waals surface area contributed by atoms with Gasteiger partial charge in [-0.3, -0.25) is 4.99 Å². The molecule has 1 unspecified atom stereocenters. The number of hydrogen-bond acceptors (Lipinski definition) is 2. The number of rotatable bonds is 8. The Kier molecular flexibility index (Phi) is 11.1. The summed E-state index contributed by atoms with van der Waals surface area (Å²) in [6.07, 6.45) is 1.56. The van der Waals surface area contributed by atoms with Crippen molar-refractivity contribution >= 4 is 29.9 Å². The Morgan fingerprint density at radius 1 is 1.26 bits per heavy atom. The molecule has 0 spiro atoms. The summed E-state index contributed by atoms with van der Waals surface area (Å²) in [6, 6.07) is 3.58. The van der Waals surface area contributed by atoms with E-state index in [0.717, 1.165) is 51.3 Å². The Morgan fingerprint density at radius 2 is 2.00 bits per heavy atom. The monoisotopic (exact) mass is 494 g/mol. The summed E-state index contributed by atoms with van der Waals surface area (Å²) in [4.78, 5) is 9.40. The number of aliphatic imine (C=N–C) groups is 1. The van der Waals surface area contributed by atoms with Crippen LogP contribution < -0.4 is 5.32 Å². The highest BCUT2D eigenvalue weighted by molar-refractivity contribution is 14.0. The molecule has 1 atom stereocenters. The number of guanidine groups is 1. The van der Waals surface area contributed by atoms with Crippen LogP contribution in [0.3, 0.4) is 0 Å². The van der Waals surface area contributed by atoms with E-state index in [-0.39, 0.29) is 29.8 Å². The molecule has 0 aliphatic carbocycles. The van der Waals surface area contributed by atoms with E-state index in [0.29, 0.717) is 24.4 Å². The van der Waals surface area contributed by atoms with Gasteiger partial charge < -0.3 is 15.1 Å². The van der Waals surface area contributed by atoms with Crippen molar-refractivity contribution in [1.82, 2.24) is 15.1 Å². The lowest BCUT2D eigenvalue weighted by molar-refractivity contribution is 0.255. The summed E-state index contributed by atoms with van der Waals surface area (Å²) < 4.78 is 27.0. The first-order chi connectivity index (χ1) is 12.6. The van der Waals surface area contributed by atoms with Gasteiger partial charge in [-0.25, -0.2) is 8.78 Å². The van der Waals surface area contributed by atoms with E-state index in [1.165, 1.54) is 18.6 Å². The molecular formula is C20H33F2IN4. The molecule has 1 saturated heterocycles. The van der Waals surface area contributed by atoms with E-state index in [1.807, 2.05) is 6.92 Å². The van der Waals surface area contributed by atoms with Crippen LogP contribution in [0.1, 0.15) is 32.8 Å². The summed E-state index contributed by atoms with van der Waals surface area (Å²) in [7, 11) is 0. The minimum atomic E-state index is -0.406. The molecule has 154 valence electrons.